The Labute approximate surface area is 118 Å². The second kappa shape index (κ2) is 5.03. The van der Waals surface area contributed by atoms with Gasteiger partial charge < -0.3 is 5.32 Å². The van der Waals surface area contributed by atoms with E-state index in [2.05, 4.69) is 5.32 Å². The smallest absolute Gasteiger partial charge is 0.225 e. The summed E-state index contributed by atoms with van der Waals surface area (Å²) in [5, 5.41) is 7.86. The fourth-order valence-electron chi connectivity index (χ4n) is 2.46. The number of nitrogens with one attached hydrogen (secondary N) is 1. The molecular weight excluding hydrogens is 308 g/mol. The molecule has 0 amide bonds. The van der Waals surface area contributed by atoms with Gasteiger partial charge in [-0.1, -0.05) is 13.0 Å². The Balaban J connectivity index is 2.42. The van der Waals surface area contributed by atoms with E-state index in [0.717, 1.165) is 11.8 Å². The number of hydrogen-bond acceptors (Lipinski definition) is 6. The number of nitrogens with two attached hydrogens (primary N) is 1. The SMILES string of the molecule is CCN[C@H]1C[C@@H](C)S(=O)(=O)C2SC(S(N)(=O)=O)C=C21. The van der Waals surface area contributed by atoms with Crippen LogP contribution in [0.4, 0.5) is 0 Å². The van der Waals surface area contributed by atoms with Gasteiger partial charge in [0.2, 0.25) is 10.0 Å². The molecule has 1 saturated heterocycles. The van der Waals surface area contributed by atoms with Crippen LogP contribution < -0.4 is 10.5 Å². The van der Waals surface area contributed by atoms with Crippen LogP contribution in [0.5, 0.6) is 0 Å². The van der Waals surface area contributed by atoms with Crippen molar-refractivity contribution in [3.63, 3.8) is 0 Å². The van der Waals surface area contributed by atoms with Crippen LogP contribution in [0.2, 0.25) is 0 Å². The van der Waals surface area contributed by atoms with Crippen LogP contribution in [0.3, 0.4) is 0 Å². The fourth-order valence-corrected chi connectivity index (χ4v) is 7.90. The zero-order valence-electron chi connectivity index (χ0n) is 10.7. The first kappa shape index (κ1) is 15.3. The van der Waals surface area contributed by atoms with E-state index < -0.39 is 34.3 Å². The maximum Gasteiger partial charge on any atom is 0.225 e. The van der Waals surface area contributed by atoms with E-state index in [4.69, 9.17) is 5.14 Å². The second-order valence-electron chi connectivity index (χ2n) is 4.84. The van der Waals surface area contributed by atoms with Crippen molar-refractivity contribution >= 4 is 31.6 Å². The summed E-state index contributed by atoms with van der Waals surface area (Å²) < 4.78 is 45.7. The van der Waals surface area contributed by atoms with Crippen molar-refractivity contribution in [2.45, 2.75) is 40.7 Å². The molecule has 0 aliphatic carbocycles. The van der Waals surface area contributed by atoms with Gasteiger partial charge in [-0.2, -0.15) is 0 Å². The maximum atomic E-state index is 12.3. The summed E-state index contributed by atoms with van der Waals surface area (Å²) in [5.41, 5.74) is 0.643. The van der Waals surface area contributed by atoms with E-state index in [0.29, 0.717) is 18.5 Å². The number of fused-ring (bicyclic) bond motifs is 1. The van der Waals surface area contributed by atoms with Crippen LogP contribution in [0.1, 0.15) is 20.3 Å². The van der Waals surface area contributed by atoms with Gasteiger partial charge >= 0.3 is 0 Å². The van der Waals surface area contributed by atoms with Gasteiger partial charge in [0.05, 0.1) is 5.25 Å². The summed E-state index contributed by atoms with van der Waals surface area (Å²) in [4.78, 5) is 0. The molecule has 2 unspecified atom stereocenters. The minimum atomic E-state index is -3.77. The predicted molar refractivity (Wildman–Crippen MR) is 76.8 cm³/mol. The Bertz CT molecular complexity index is 596. The summed E-state index contributed by atoms with van der Waals surface area (Å²) in [6.45, 7) is 4.30. The first-order valence-corrected chi connectivity index (χ1v) is 10.2. The van der Waals surface area contributed by atoms with Gasteiger partial charge in [-0.05, 0) is 25.5 Å². The van der Waals surface area contributed by atoms with E-state index in [9.17, 15) is 16.8 Å². The zero-order valence-corrected chi connectivity index (χ0v) is 13.2. The Kier molecular flexibility index (Phi) is 4.05. The highest BCUT2D eigenvalue weighted by Gasteiger charge is 2.49. The molecule has 2 aliphatic rings. The molecule has 2 aliphatic heterocycles. The van der Waals surface area contributed by atoms with E-state index in [-0.39, 0.29) is 6.04 Å². The molecule has 4 atom stereocenters. The lowest BCUT2D eigenvalue weighted by molar-refractivity contribution is 0.501. The van der Waals surface area contributed by atoms with Crippen molar-refractivity contribution in [1.29, 1.82) is 0 Å². The topological polar surface area (TPSA) is 106 Å². The summed E-state index contributed by atoms with van der Waals surface area (Å²) in [7, 11) is -7.12. The van der Waals surface area contributed by atoms with E-state index >= 15 is 0 Å². The molecule has 0 spiro atoms. The number of primary sulfonamides is 1. The lowest BCUT2D eigenvalue weighted by Crippen LogP contribution is -2.46. The molecular formula is C10H18N2O4S3. The van der Waals surface area contributed by atoms with Gasteiger partial charge in [-0.25, -0.2) is 22.0 Å². The van der Waals surface area contributed by atoms with Gasteiger partial charge in [0.1, 0.15) is 9.16 Å². The molecule has 110 valence electrons. The lowest BCUT2D eigenvalue weighted by Gasteiger charge is -2.33. The summed E-state index contributed by atoms with van der Waals surface area (Å²) in [5.74, 6) is 0. The van der Waals surface area contributed by atoms with Gasteiger partial charge in [0.25, 0.3) is 0 Å². The monoisotopic (exact) mass is 326 g/mol. The highest BCUT2D eigenvalue weighted by atomic mass is 32.3. The van der Waals surface area contributed by atoms with Crippen LogP contribution in [-0.2, 0) is 19.9 Å². The maximum absolute atomic E-state index is 12.3. The highest BCUT2D eigenvalue weighted by Crippen LogP contribution is 2.45. The molecule has 19 heavy (non-hydrogen) atoms. The normalized spacial score (nSPS) is 37.7. The van der Waals surface area contributed by atoms with Crippen molar-refractivity contribution in [3.8, 4) is 0 Å². The van der Waals surface area contributed by atoms with E-state index in [1.165, 1.54) is 6.08 Å². The summed E-state index contributed by atoms with van der Waals surface area (Å²) in [6.07, 6.45) is 1.97. The third kappa shape index (κ3) is 2.71. The summed E-state index contributed by atoms with van der Waals surface area (Å²) >= 11 is 0.908. The third-order valence-electron chi connectivity index (χ3n) is 3.46. The second-order valence-corrected chi connectivity index (χ2v) is 10.8. The molecule has 2 heterocycles. The van der Waals surface area contributed by atoms with Crippen molar-refractivity contribution in [3.05, 3.63) is 11.6 Å². The van der Waals surface area contributed by atoms with Crippen LogP contribution in [0.15, 0.2) is 11.6 Å². The molecule has 0 radical (unpaired) electrons. The molecule has 1 fully saturated rings. The Morgan fingerprint density at radius 3 is 2.68 bits per heavy atom. The first-order valence-electron chi connectivity index (χ1n) is 6.02. The number of hydrogen-bond donors (Lipinski definition) is 2. The van der Waals surface area contributed by atoms with Crippen molar-refractivity contribution in [2.24, 2.45) is 5.14 Å². The molecule has 0 aromatic carbocycles. The molecule has 9 heteroatoms. The van der Waals surface area contributed by atoms with Crippen molar-refractivity contribution in [1.82, 2.24) is 5.32 Å². The molecule has 0 bridgehead atoms. The Morgan fingerprint density at radius 1 is 1.53 bits per heavy atom. The Morgan fingerprint density at radius 2 is 2.16 bits per heavy atom. The number of sulfone groups is 1. The standard InChI is InChI=1S/C10H18N2O4S3/c1-3-12-8-4-6(2)18(13,14)10-7(8)5-9(17-10)19(11,15)16/h5-6,8-10,12H,3-4H2,1-2H3,(H2,11,15,16)/t6-,8+,9?,10?/m1/s1. The average molecular weight is 326 g/mol. The first-order chi connectivity index (χ1) is 8.67. The fraction of sp³-hybridized carbons (Fsp3) is 0.800. The third-order valence-corrected chi connectivity index (χ3v) is 9.63. The van der Waals surface area contributed by atoms with E-state index in [1.807, 2.05) is 6.92 Å². The zero-order chi connectivity index (χ0) is 14.4. The van der Waals surface area contributed by atoms with Crippen LogP contribution in [0.25, 0.3) is 0 Å². The number of sulfonamides is 1. The minimum absolute atomic E-state index is 0.0900. The highest BCUT2D eigenvalue weighted by molar-refractivity contribution is 8.20. The molecule has 2 rings (SSSR count). The minimum Gasteiger partial charge on any atom is -0.310 e. The van der Waals surface area contributed by atoms with Crippen molar-refractivity contribution < 1.29 is 16.8 Å². The molecule has 0 saturated carbocycles. The molecule has 3 N–H and O–H groups in total. The molecule has 0 aromatic heterocycles. The van der Waals surface area contributed by atoms with E-state index in [1.54, 1.807) is 6.92 Å². The van der Waals surface area contributed by atoms with Crippen molar-refractivity contribution in [2.75, 3.05) is 6.54 Å². The van der Waals surface area contributed by atoms with Gasteiger partial charge in [0, 0.05) is 6.04 Å². The van der Waals surface area contributed by atoms with Crippen LogP contribution in [0, 0.1) is 0 Å². The predicted octanol–water partition coefficient (Wildman–Crippen LogP) is -0.215. The largest absolute Gasteiger partial charge is 0.310 e. The van der Waals surface area contributed by atoms with Gasteiger partial charge in [-0.3, -0.25) is 0 Å². The average Bonchev–Trinajstić information content (AvgIpc) is 2.72. The lowest BCUT2D eigenvalue weighted by atomic mass is 10.0. The van der Waals surface area contributed by atoms with Gasteiger partial charge in [0.15, 0.2) is 9.84 Å². The number of rotatable bonds is 3. The summed E-state index contributed by atoms with van der Waals surface area (Å²) in [6, 6.07) is -0.0900. The van der Waals surface area contributed by atoms with Crippen LogP contribution in [-0.4, -0.2) is 43.8 Å². The Hall–Kier alpha value is -0.0900. The quantitative estimate of drug-likeness (QED) is 0.695. The molecule has 0 aromatic rings. The molecule has 6 nitrogen and oxygen atoms in total. The number of thioether (sulfide) groups is 1. The number of likely N-dealkylation sites (N-methyl/N-ethyl adjacent to an activating group) is 1. The van der Waals surface area contributed by atoms with Gasteiger partial charge in [-0.15, -0.1) is 11.8 Å². The van der Waals surface area contributed by atoms with Crippen LogP contribution >= 0.6 is 11.8 Å².